The van der Waals surface area contributed by atoms with E-state index in [4.69, 9.17) is 15.9 Å². The van der Waals surface area contributed by atoms with Gasteiger partial charge in [0.05, 0.1) is 18.4 Å². The Balaban J connectivity index is 1.88. The van der Waals surface area contributed by atoms with Crippen LogP contribution in [0, 0.1) is 5.41 Å². The fourth-order valence-electron chi connectivity index (χ4n) is 2.92. The first-order chi connectivity index (χ1) is 13.0. The molecular weight excluding hydrogens is 379 g/mol. The van der Waals surface area contributed by atoms with Gasteiger partial charge in [-0.05, 0) is 41.9 Å². The summed E-state index contributed by atoms with van der Waals surface area (Å²) in [6.07, 6.45) is 0.778. The normalized spacial score (nSPS) is 17.2. The average molecular weight is 402 g/mol. The summed E-state index contributed by atoms with van der Waals surface area (Å²) in [5.41, 5.74) is 14.5. The molecule has 3 rings (SSSR count). The van der Waals surface area contributed by atoms with Crippen molar-refractivity contribution in [3.63, 3.8) is 0 Å². The van der Waals surface area contributed by atoms with E-state index in [1.807, 2.05) is 23.7 Å². The van der Waals surface area contributed by atoms with Crippen molar-refractivity contribution in [2.75, 3.05) is 12.8 Å². The number of hydrogen-bond donors (Lipinski definition) is 4. The summed E-state index contributed by atoms with van der Waals surface area (Å²) in [6, 6.07) is 10.7. The zero-order valence-corrected chi connectivity index (χ0v) is 17.0. The molecule has 3 unspecified atom stereocenters. The SMILES string of the molecule is COc1cc(CC(C)PC2NN=CS2)c(C(=N)c2ccc(N)cc2)cc1O. The maximum atomic E-state index is 10.2. The first kappa shape index (κ1) is 19.5. The van der Waals surface area contributed by atoms with Gasteiger partial charge in [0.25, 0.3) is 0 Å². The minimum atomic E-state index is 0.0352. The lowest BCUT2D eigenvalue weighted by atomic mass is 9.94. The molecule has 1 heterocycles. The number of nitrogens with zero attached hydrogens (tertiary/aromatic N) is 1. The van der Waals surface area contributed by atoms with Gasteiger partial charge >= 0.3 is 0 Å². The molecule has 0 aromatic heterocycles. The van der Waals surface area contributed by atoms with Crippen LogP contribution in [0.5, 0.6) is 11.5 Å². The minimum Gasteiger partial charge on any atom is -0.504 e. The van der Waals surface area contributed by atoms with Crippen LogP contribution < -0.4 is 15.9 Å². The molecule has 2 aromatic carbocycles. The van der Waals surface area contributed by atoms with Crippen LogP contribution in [0.3, 0.4) is 0 Å². The van der Waals surface area contributed by atoms with Gasteiger partial charge in [-0.15, -0.1) is 0 Å². The lowest BCUT2D eigenvalue weighted by Crippen LogP contribution is -2.15. The fourth-order valence-corrected chi connectivity index (χ4v) is 5.49. The molecule has 1 aliphatic heterocycles. The lowest BCUT2D eigenvalue weighted by molar-refractivity contribution is 0.373. The number of hydrazone groups is 1. The highest BCUT2D eigenvalue weighted by atomic mass is 32.2. The number of nitrogens with two attached hydrogens (primary N) is 1. The first-order valence-electron chi connectivity index (χ1n) is 8.51. The number of anilines is 1. The third kappa shape index (κ3) is 4.73. The molecule has 0 amide bonds. The molecule has 142 valence electrons. The van der Waals surface area contributed by atoms with Crippen LogP contribution in [0.4, 0.5) is 5.69 Å². The van der Waals surface area contributed by atoms with E-state index in [1.165, 1.54) is 7.11 Å². The number of thioether (sulfide) groups is 1. The number of hydrogen-bond acceptors (Lipinski definition) is 7. The van der Waals surface area contributed by atoms with E-state index >= 15 is 0 Å². The van der Waals surface area contributed by atoms with Gasteiger partial charge < -0.3 is 15.6 Å². The second kappa shape index (κ2) is 8.63. The molecule has 27 heavy (non-hydrogen) atoms. The van der Waals surface area contributed by atoms with Crippen LogP contribution in [0.25, 0.3) is 0 Å². The maximum absolute atomic E-state index is 10.2. The van der Waals surface area contributed by atoms with E-state index in [9.17, 15) is 5.11 Å². The second-order valence-electron chi connectivity index (χ2n) is 6.33. The Bertz CT molecular complexity index is 850. The van der Waals surface area contributed by atoms with Gasteiger partial charge in [-0.2, -0.15) is 5.10 Å². The summed E-state index contributed by atoms with van der Waals surface area (Å²) < 4.78 is 5.29. The Kier molecular flexibility index (Phi) is 6.24. The Morgan fingerprint density at radius 3 is 2.78 bits per heavy atom. The lowest BCUT2D eigenvalue weighted by Gasteiger charge is -2.19. The Morgan fingerprint density at radius 2 is 2.15 bits per heavy atom. The molecule has 0 fully saturated rings. The molecule has 3 atom stereocenters. The first-order valence-corrected chi connectivity index (χ1v) is 10.6. The number of benzene rings is 2. The van der Waals surface area contributed by atoms with Crippen LogP contribution >= 0.6 is 20.3 Å². The number of ether oxygens (including phenoxy) is 1. The van der Waals surface area contributed by atoms with Gasteiger partial charge in [0.15, 0.2) is 11.5 Å². The number of rotatable bonds is 7. The third-order valence-electron chi connectivity index (χ3n) is 4.28. The molecule has 0 saturated carbocycles. The number of methoxy groups -OCH3 is 1. The predicted octanol–water partition coefficient (Wildman–Crippen LogP) is 3.57. The van der Waals surface area contributed by atoms with Crippen LogP contribution in [0.2, 0.25) is 0 Å². The Hall–Kier alpha value is -2.24. The Labute approximate surface area is 164 Å². The molecule has 0 aliphatic carbocycles. The van der Waals surface area contributed by atoms with Gasteiger partial charge in [-0.1, -0.05) is 39.4 Å². The molecule has 8 heteroatoms. The van der Waals surface area contributed by atoms with E-state index in [1.54, 1.807) is 30.0 Å². The molecule has 2 aromatic rings. The monoisotopic (exact) mass is 402 g/mol. The van der Waals surface area contributed by atoms with Crippen molar-refractivity contribution in [1.82, 2.24) is 5.43 Å². The molecular formula is C19H23N4O2PS. The van der Waals surface area contributed by atoms with Gasteiger partial charge in [0, 0.05) is 16.8 Å². The topological polar surface area (TPSA) is 104 Å². The average Bonchev–Trinajstić information content (AvgIpc) is 3.15. The van der Waals surface area contributed by atoms with E-state index in [0.29, 0.717) is 42.1 Å². The quantitative estimate of drug-likeness (QED) is 0.322. The number of phenols is 1. The number of phenolic OH excluding ortho intramolecular Hbond substituents is 1. The maximum Gasteiger partial charge on any atom is 0.160 e. The largest absolute Gasteiger partial charge is 0.504 e. The van der Waals surface area contributed by atoms with Crippen molar-refractivity contribution in [2.24, 2.45) is 5.10 Å². The third-order valence-corrected chi connectivity index (χ3v) is 6.90. The molecule has 0 bridgehead atoms. The minimum absolute atomic E-state index is 0.0352. The summed E-state index contributed by atoms with van der Waals surface area (Å²) >= 11 is 1.69. The molecule has 0 saturated heterocycles. The molecule has 1 aliphatic rings. The highest BCUT2D eigenvalue weighted by molar-refractivity contribution is 8.16. The molecule has 6 nitrogen and oxygen atoms in total. The van der Waals surface area contributed by atoms with Crippen molar-refractivity contribution >= 4 is 37.3 Å². The molecule has 0 spiro atoms. The highest BCUT2D eigenvalue weighted by Gasteiger charge is 2.20. The standard InChI is InChI=1S/C19H23N4O2PS/c1-11(26-19-23-22-10-27-19)7-13-8-17(25-2)16(24)9-15(13)18(21)12-3-5-14(20)6-4-12/h3-6,8-11,19,21,23-24,26H,7,20H2,1-2H3. The van der Waals surface area contributed by atoms with Crippen molar-refractivity contribution in [3.8, 4) is 11.5 Å². The summed E-state index contributed by atoms with van der Waals surface area (Å²) in [6.45, 7) is 2.19. The highest BCUT2D eigenvalue weighted by Crippen LogP contribution is 2.37. The van der Waals surface area contributed by atoms with Crippen molar-refractivity contribution in [3.05, 3.63) is 53.1 Å². The van der Waals surface area contributed by atoms with E-state index in [2.05, 4.69) is 17.5 Å². The van der Waals surface area contributed by atoms with Crippen molar-refractivity contribution in [2.45, 2.75) is 24.1 Å². The Morgan fingerprint density at radius 1 is 1.41 bits per heavy atom. The fraction of sp³-hybridized carbons (Fsp3) is 0.263. The summed E-state index contributed by atoms with van der Waals surface area (Å²) in [5, 5.41) is 23.3. The van der Waals surface area contributed by atoms with Crippen LogP contribution in [-0.4, -0.2) is 34.2 Å². The van der Waals surface area contributed by atoms with E-state index in [-0.39, 0.29) is 5.75 Å². The molecule has 5 N–H and O–H groups in total. The summed E-state index contributed by atoms with van der Waals surface area (Å²) in [7, 11) is 2.20. The van der Waals surface area contributed by atoms with Gasteiger partial charge in [-0.25, -0.2) is 0 Å². The second-order valence-corrected chi connectivity index (χ2v) is 9.60. The summed E-state index contributed by atoms with van der Waals surface area (Å²) in [4.78, 5) is 0. The van der Waals surface area contributed by atoms with Crippen molar-refractivity contribution in [1.29, 1.82) is 5.41 Å². The van der Waals surface area contributed by atoms with Gasteiger partial charge in [0.2, 0.25) is 0 Å². The van der Waals surface area contributed by atoms with Crippen LogP contribution in [0.15, 0.2) is 41.5 Å². The van der Waals surface area contributed by atoms with Gasteiger partial charge in [0.1, 0.15) is 5.11 Å². The summed E-state index contributed by atoms with van der Waals surface area (Å²) in [5.74, 6) is 0.457. The van der Waals surface area contributed by atoms with Crippen molar-refractivity contribution < 1.29 is 9.84 Å². The number of nitrogen functional groups attached to an aromatic ring is 1. The smallest absolute Gasteiger partial charge is 0.160 e. The van der Waals surface area contributed by atoms with E-state index < -0.39 is 0 Å². The van der Waals surface area contributed by atoms with Crippen LogP contribution in [-0.2, 0) is 6.42 Å². The van der Waals surface area contributed by atoms with Gasteiger partial charge in [-0.3, -0.25) is 10.8 Å². The zero-order valence-electron chi connectivity index (χ0n) is 15.2. The number of aromatic hydroxyl groups is 1. The van der Waals surface area contributed by atoms with E-state index in [0.717, 1.165) is 17.5 Å². The number of nitrogens with one attached hydrogen (secondary N) is 2. The van der Waals surface area contributed by atoms with Crippen LogP contribution in [0.1, 0.15) is 23.6 Å². The zero-order chi connectivity index (χ0) is 19.4. The molecule has 0 radical (unpaired) electrons. The predicted molar refractivity (Wildman–Crippen MR) is 116 cm³/mol.